The first-order valence-electron chi connectivity index (χ1n) is 7.23. The van der Waals surface area contributed by atoms with Crippen molar-refractivity contribution >= 4 is 22.6 Å². The number of amidine groups is 1. The molecule has 2 aliphatic rings. The maximum atomic E-state index is 10.3. The second-order valence-electron chi connectivity index (χ2n) is 5.72. The fourth-order valence-corrected chi connectivity index (χ4v) is 3.21. The number of nitrogens with two attached hydrogens (primary N) is 1. The summed E-state index contributed by atoms with van der Waals surface area (Å²) in [7, 11) is 1.75. The normalized spacial score (nSPS) is 30.1. The first-order chi connectivity index (χ1) is 11.0. The molecule has 122 valence electrons. The molecule has 4 atom stereocenters. The highest BCUT2D eigenvalue weighted by Gasteiger charge is 2.44. The highest BCUT2D eigenvalue weighted by molar-refractivity contribution is 6.14. The van der Waals surface area contributed by atoms with Crippen LogP contribution in [0.3, 0.4) is 0 Å². The zero-order chi connectivity index (χ0) is 16.3. The molecule has 23 heavy (non-hydrogen) atoms. The number of aliphatic hydroxyl groups excluding tert-OH is 3. The number of hydrazone groups is 1. The zero-order valence-electron chi connectivity index (χ0n) is 12.4. The minimum Gasteiger partial charge on any atom is -0.394 e. The van der Waals surface area contributed by atoms with Gasteiger partial charge in [0.25, 0.3) is 0 Å². The lowest BCUT2D eigenvalue weighted by Gasteiger charge is -2.19. The maximum absolute atomic E-state index is 10.3. The quantitative estimate of drug-likeness (QED) is 0.542. The van der Waals surface area contributed by atoms with Gasteiger partial charge in [-0.05, 0) is 6.07 Å². The van der Waals surface area contributed by atoms with Crippen LogP contribution in [-0.4, -0.2) is 62.7 Å². The fraction of sp³-hybridized carbons (Fsp3) is 0.429. The van der Waals surface area contributed by atoms with E-state index < -0.39 is 24.5 Å². The molecule has 0 amide bonds. The molecule has 1 unspecified atom stereocenters. The first kappa shape index (κ1) is 14.4. The standard InChI is InChI=1S/C14H17N5O4/c1-18-13-9-6(12(15)17-18)4-19(7(9)2-3-16-13)14-11(22)10(21)8(5-20)23-14/h2-4,8,10-11,14,20-22H,5H2,1H3,(H2,15,17)/t8-,10?,11-,14-/m1/s1. The Labute approximate surface area is 131 Å². The number of nitrogens with zero attached hydrogens (tertiary/aromatic N) is 4. The molecule has 0 aliphatic carbocycles. The van der Waals surface area contributed by atoms with Gasteiger partial charge < -0.3 is 30.4 Å². The second-order valence-corrected chi connectivity index (χ2v) is 5.72. The van der Waals surface area contributed by atoms with E-state index >= 15 is 0 Å². The molecule has 5 N–H and O–H groups in total. The van der Waals surface area contributed by atoms with Crippen LogP contribution in [-0.2, 0) is 4.74 Å². The van der Waals surface area contributed by atoms with Crippen molar-refractivity contribution < 1.29 is 20.1 Å². The number of ether oxygens (including phenoxy) is 1. The van der Waals surface area contributed by atoms with E-state index in [1.54, 1.807) is 35.1 Å². The molecule has 4 rings (SSSR count). The molecule has 1 fully saturated rings. The molecule has 0 bridgehead atoms. The van der Waals surface area contributed by atoms with Crippen molar-refractivity contribution in [3.63, 3.8) is 0 Å². The Morgan fingerprint density at radius 2 is 2.13 bits per heavy atom. The van der Waals surface area contributed by atoms with Crippen molar-refractivity contribution in [2.45, 2.75) is 24.5 Å². The molecule has 0 aromatic carbocycles. The fourth-order valence-electron chi connectivity index (χ4n) is 3.21. The molecule has 0 spiro atoms. The van der Waals surface area contributed by atoms with Crippen LogP contribution < -0.4 is 10.7 Å². The third-order valence-corrected chi connectivity index (χ3v) is 4.36. The summed E-state index contributed by atoms with van der Waals surface area (Å²) < 4.78 is 7.30. The first-order valence-corrected chi connectivity index (χ1v) is 7.23. The second kappa shape index (κ2) is 4.90. The highest BCUT2D eigenvalue weighted by atomic mass is 16.6. The van der Waals surface area contributed by atoms with Crippen molar-refractivity contribution in [2.24, 2.45) is 10.8 Å². The van der Waals surface area contributed by atoms with E-state index in [4.69, 9.17) is 10.5 Å². The number of aliphatic hydroxyl groups is 3. The summed E-state index contributed by atoms with van der Waals surface area (Å²) in [6.07, 6.45) is -0.634. The van der Waals surface area contributed by atoms with Gasteiger partial charge in [0, 0.05) is 25.0 Å². The molecule has 2 aromatic rings. The molecule has 0 saturated carbocycles. The smallest absolute Gasteiger partial charge is 0.163 e. The Morgan fingerprint density at radius 1 is 1.35 bits per heavy atom. The van der Waals surface area contributed by atoms with Crippen molar-refractivity contribution in [1.82, 2.24) is 9.55 Å². The van der Waals surface area contributed by atoms with Gasteiger partial charge in [0.05, 0.1) is 17.5 Å². The topological polar surface area (TPSA) is 129 Å². The largest absolute Gasteiger partial charge is 0.394 e. The SMILES string of the molecule is CN1N=C(N)c2cn([C@@H]3O[C@H](CO)C(O)[C@H]3O)c3ccnc1c23. The lowest BCUT2D eigenvalue weighted by molar-refractivity contribution is -0.0506. The maximum Gasteiger partial charge on any atom is 0.163 e. The molecule has 4 heterocycles. The average molecular weight is 319 g/mol. The Balaban J connectivity index is 1.89. The Kier molecular flexibility index (Phi) is 3.07. The summed E-state index contributed by atoms with van der Waals surface area (Å²) in [5.41, 5.74) is 7.44. The minimum absolute atomic E-state index is 0.337. The molecule has 2 aromatic heterocycles. The van der Waals surface area contributed by atoms with E-state index in [-0.39, 0.29) is 6.61 Å². The van der Waals surface area contributed by atoms with Crippen LogP contribution in [0.5, 0.6) is 0 Å². The summed E-state index contributed by atoms with van der Waals surface area (Å²) in [5, 5.41) is 36.1. The summed E-state index contributed by atoms with van der Waals surface area (Å²) in [5.74, 6) is 0.987. The molecular weight excluding hydrogens is 302 g/mol. The highest BCUT2D eigenvalue weighted by Crippen LogP contribution is 2.37. The van der Waals surface area contributed by atoms with Gasteiger partial charge in [0.15, 0.2) is 17.9 Å². The van der Waals surface area contributed by atoms with E-state index in [9.17, 15) is 15.3 Å². The lowest BCUT2D eigenvalue weighted by atomic mass is 10.1. The Bertz CT molecular complexity index is 804. The van der Waals surface area contributed by atoms with Crippen LogP contribution in [0.15, 0.2) is 23.6 Å². The molecule has 9 nitrogen and oxygen atoms in total. The summed E-state index contributed by atoms with van der Waals surface area (Å²) in [4.78, 5) is 4.32. The van der Waals surface area contributed by atoms with Gasteiger partial charge in [0.1, 0.15) is 18.3 Å². The van der Waals surface area contributed by atoms with E-state index in [1.165, 1.54) is 0 Å². The lowest BCUT2D eigenvalue weighted by Crippen LogP contribution is -2.33. The Morgan fingerprint density at radius 3 is 2.83 bits per heavy atom. The molecular formula is C14H17N5O4. The van der Waals surface area contributed by atoms with Gasteiger partial charge in [-0.1, -0.05) is 0 Å². The van der Waals surface area contributed by atoms with Crippen LogP contribution >= 0.6 is 0 Å². The van der Waals surface area contributed by atoms with E-state index in [0.717, 1.165) is 10.9 Å². The van der Waals surface area contributed by atoms with Crippen LogP contribution in [0.25, 0.3) is 10.9 Å². The summed E-state index contributed by atoms with van der Waals surface area (Å²) in [6, 6.07) is 1.78. The number of hydrogen-bond donors (Lipinski definition) is 4. The predicted molar refractivity (Wildman–Crippen MR) is 81.9 cm³/mol. The van der Waals surface area contributed by atoms with Gasteiger partial charge in [0.2, 0.25) is 0 Å². The average Bonchev–Trinajstić information content (AvgIpc) is 3.05. The molecule has 1 saturated heterocycles. The number of anilines is 1. The molecule has 0 radical (unpaired) electrons. The van der Waals surface area contributed by atoms with Crippen LogP contribution in [0.4, 0.5) is 5.82 Å². The van der Waals surface area contributed by atoms with Gasteiger partial charge in [-0.2, -0.15) is 5.10 Å². The van der Waals surface area contributed by atoms with Crippen LogP contribution in [0.2, 0.25) is 0 Å². The van der Waals surface area contributed by atoms with Crippen molar-refractivity contribution in [2.75, 3.05) is 18.7 Å². The number of hydrogen-bond acceptors (Lipinski definition) is 8. The van der Waals surface area contributed by atoms with Crippen LogP contribution in [0, 0.1) is 0 Å². The predicted octanol–water partition coefficient (Wildman–Crippen LogP) is -1.28. The minimum atomic E-state index is -1.16. The van der Waals surface area contributed by atoms with E-state index in [1.807, 2.05) is 0 Å². The van der Waals surface area contributed by atoms with Crippen LogP contribution in [0.1, 0.15) is 11.8 Å². The van der Waals surface area contributed by atoms with Crippen molar-refractivity contribution in [3.8, 4) is 0 Å². The number of rotatable bonds is 2. The van der Waals surface area contributed by atoms with Gasteiger partial charge in [-0.15, -0.1) is 0 Å². The van der Waals surface area contributed by atoms with Crippen molar-refractivity contribution in [1.29, 1.82) is 0 Å². The molecule has 9 heteroatoms. The van der Waals surface area contributed by atoms with Crippen molar-refractivity contribution in [3.05, 3.63) is 24.0 Å². The van der Waals surface area contributed by atoms with Gasteiger partial charge >= 0.3 is 0 Å². The summed E-state index contributed by atoms with van der Waals surface area (Å²) in [6.45, 7) is -0.375. The van der Waals surface area contributed by atoms with E-state index in [0.29, 0.717) is 17.2 Å². The molecule has 2 aliphatic heterocycles. The number of aromatic nitrogens is 2. The van der Waals surface area contributed by atoms with Gasteiger partial charge in [-0.25, -0.2) is 9.99 Å². The number of pyridine rings is 1. The Hall–Kier alpha value is -2.20. The van der Waals surface area contributed by atoms with Gasteiger partial charge in [-0.3, -0.25) is 0 Å². The van der Waals surface area contributed by atoms with E-state index in [2.05, 4.69) is 10.1 Å². The third kappa shape index (κ3) is 1.88. The monoisotopic (exact) mass is 319 g/mol. The third-order valence-electron chi connectivity index (χ3n) is 4.36. The zero-order valence-corrected chi connectivity index (χ0v) is 12.4. The summed E-state index contributed by atoms with van der Waals surface area (Å²) >= 11 is 0.